The number of hydrogen-bond donors (Lipinski definition) is 0. The van der Waals surface area contributed by atoms with Gasteiger partial charge in [0.1, 0.15) is 0 Å². The third-order valence-corrected chi connectivity index (χ3v) is 3.26. The molecule has 0 aliphatic carbocycles. The van der Waals surface area contributed by atoms with Crippen LogP contribution in [0.5, 0.6) is 0 Å². The fourth-order valence-electron chi connectivity index (χ4n) is 1.79. The molecule has 0 aromatic heterocycles. The maximum atomic E-state index is 5.71. The van der Waals surface area contributed by atoms with Crippen LogP contribution in [0.1, 0.15) is 59.8 Å². The van der Waals surface area contributed by atoms with Gasteiger partial charge in [0.05, 0.1) is 0 Å². The van der Waals surface area contributed by atoms with Crippen molar-refractivity contribution in [2.75, 3.05) is 5.88 Å². The van der Waals surface area contributed by atoms with Gasteiger partial charge in [-0.05, 0) is 37.0 Å². The minimum Gasteiger partial charge on any atom is -0.127 e. The number of hydrogen-bond acceptors (Lipinski definition) is 0. The summed E-state index contributed by atoms with van der Waals surface area (Å²) in [4.78, 5) is 0. The van der Waals surface area contributed by atoms with E-state index in [0.29, 0.717) is 0 Å². The van der Waals surface area contributed by atoms with Gasteiger partial charge in [-0.1, -0.05) is 52.7 Å². The van der Waals surface area contributed by atoms with Gasteiger partial charge in [-0.2, -0.15) is 0 Å². The molecule has 0 saturated carbocycles. The second kappa shape index (κ2) is 10.2. The van der Waals surface area contributed by atoms with Crippen LogP contribution in [-0.2, 0) is 0 Å². The summed E-state index contributed by atoms with van der Waals surface area (Å²) in [6.45, 7) is 9.20. The molecule has 0 N–H and O–H groups in total. The van der Waals surface area contributed by atoms with E-state index in [1.165, 1.54) is 25.7 Å². The Morgan fingerprint density at radius 3 is 2.25 bits per heavy atom. The van der Waals surface area contributed by atoms with Crippen molar-refractivity contribution in [3.8, 4) is 0 Å². The maximum Gasteiger partial charge on any atom is 0.0226 e. The Balaban J connectivity index is 3.53. The molecule has 0 rings (SSSR count). The topological polar surface area (TPSA) is 0 Å². The molecular weight excluding hydrogens is 216 g/mol. The van der Waals surface area contributed by atoms with E-state index in [1.807, 2.05) is 0 Å². The highest BCUT2D eigenvalue weighted by Gasteiger charge is 2.01. The standard InChI is InChI=1S/C15H29Cl/c1-13(2)7-5-8-14(3)9-6-10-15(4)11-12-16/h6,9,13-15H,5,7-8,10-12H2,1-4H3/b9-6+/t14-,15-/m1/s1. The molecular formula is C15H29Cl. The van der Waals surface area contributed by atoms with Crippen LogP contribution in [0.4, 0.5) is 0 Å². The average Bonchev–Trinajstić information content (AvgIpc) is 2.17. The molecule has 0 unspecified atom stereocenters. The van der Waals surface area contributed by atoms with Crippen molar-refractivity contribution < 1.29 is 0 Å². The highest BCUT2D eigenvalue weighted by atomic mass is 35.5. The Morgan fingerprint density at radius 2 is 1.69 bits per heavy atom. The first-order valence-electron chi connectivity index (χ1n) is 6.78. The van der Waals surface area contributed by atoms with Crippen molar-refractivity contribution in [3.05, 3.63) is 12.2 Å². The van der Waals surface area contributed by atoms with Crippen molar-refractivity contribution in [2.45, 2.75) is 59.8 Å². The Labute approximate surface area is 107 Å². The summed E-state index contributed by atoms with van der Waals surface area (Å²) in [5.41, 5.74) is 0. The van der Waals surface area contributed by atoms with Crippen LogP contribution in [0.25, 0.3) is 0 Å². The first-order valence-corrected chi connectivity index (χ1v) is 7.32. The number of halogens is 1. The zero-order valence-electron chi connectivity index (χ0n) is 11.5. The lowest BCUT2D eigenvalue weighted by molar-refractivity contribution is 0.500. The summed E-state index contributed by atoms with van der Waals surface area (Å²) in [5, 5.41) is 0. The van der Waals surface area contributed by atoms with Gasteiger partial charge in [-0.15, -0.1) is 11.6 Å². The van der Waals surface area contributed by atoms with Gasteiger partial charge < -0.3 is 0 Å². The zero-order valence-corrected chi connectivity index (χ0v) is 12.3. The molecule has 0 radical (unpaired) electrons. The molecule has 0 bridgehead atoms. The molecule has 0 fully saturated rings. The highest BCUT2D eigenvalue weighted by Crippen LogP contribution is 2.15. The van der Waals surface area contributed by atoms with Gasteiger partial charge in [0.15, 0.2) is 0 Å². The van der Waals surface area contributed by atoms with E-state index in [1.54, 1.807) is 0 Å². The van der Waals surface area contributed by atoms with E-state index < -0.39 is 0 Å². The molecule has 2 atom stereocenters. The molecule has 0 aliphatic rings. The van der Waals surface area contributed by atoms with Gasteiger partial charge in [-0.3, -0.25) is 0 Å². The van der Waals surface area contributed by atoms with E-state index >= 15 is 0 Å². The van der Waals surface area contributed by atoms with E-state index in [0.717, 1.165) is 30.1 Å². The first-order chi connectivity index (χ1) is 7.56. The van der Waals surface area contributed by atoms with Gasteiger partial charge in [-0.25, -0.2) is 0 Å². The minimum atomic E-state index is 0.733. The van der Waals surface area contributed by atoms with Gasteiger partial charge in [0, 0.05) is 5.88 Å². The SMILES string of the molecule is CC(C)CCC[C@@H](C)/C=C/C[C@@H](C)CCCl. The molecule has 1 heteroatoms. The fourth-order valence-corrected chi connectivity index (χ4v) is 2.16. The lowest BCUT2D eigenvalue weighted by atomic mass is 9.98. The van der Waals surface area contributed by atoms with Crippen LogP contribution in [0.2, 0.25) is 0 Å². The molecule has 16 heavy (non-hydrogen) atoms. The summed E-state index contributed by atoms with van der Waals surface area (Å²) < 4.78 is 0. The minimum absolute atomic E-state index is 0.733. The molecule has 0 nitrogen and oxygen atoms in total. The van der Waals surface area contributed by atoms with Gasteiger partial charge in [0.25, 0.3) is 0 Å². The van der Waals surface area contributed by atoms with Crippen molar-refractivity contribution in [1.29, 1.82) is 0 Å². The van der Waals surface area contributed by atoms with Crippen molar-refractivity contribution in [2.24, 2.45) is 17.8 Å². The van der Waals surface area contributed by atoms with E-state index in [2.05, 4.69) is 39.8 Å². The third-order valence-electron chi connectivity index (χ3n) is 3.05. The largest absolute Gasteiger partial charge is 0.127 e. The number of allylic oxidation sites excluding steroid dienone is 2. The predicted molar refractivity (Wildman–Crippen MR) is 76.1 cm³/mol. The normalized spacial score (nSPS) is 15.9. The molecule has 0 aromatic rings. The molecule has 0 heterocycles. The zero-order chi connectivity index (χ0) is 12.4. The monoisotopic (exact) mass is 244 g/mol. The van der Waals surface area contributed by atoms with E-state index in [9.17, 15) is 0 Å². The quantitative estimate of drug-likeness (QED) is 0.363. The summed E-state index contributed by atoms with van der Waals surface area (Å²) >= 11 is 5.71. The molecule has 0 amide bonds. The second-order valence-corrected chi connectivity index (χ2v) is 5.93. The first kappa shape index (κ1) is 16.0. The van der Waals surface area contributed by atoms with Crippen LogP contribution < -0.4 is 0 Å². The van der Waals surface area contributed by atoms with Crippen LogP contribution in [0.3, 0.4) is 0 Å². The predicted octanol–water partition coefficient (Wildman–Crippen LogP) is 5.66. The second-order valence-electron chi connectivity index (χ2n) is 5.55. The Hall–Kier alpha value is 0.0300. The van der Waals surface area contributed by atoms with Crippen LogP contribution >= 0.6 is 11.6 Å². The molecule has 0 saturated heterocycles. The third kappa shape index (κ3) is 10.5. The summed E-state index contributed by atoms with van der Waals surface area (Å²) in [6.07, 6.45) is 11.1. The summed E-state index contributed by atoms with van der Waals surface area (Å²) in [7, 11) is 0. The summed E-state index contributed by atoms with van der Waals surface area (Å²) in [6, 6.07) is 0. The number of alkyl halides is 1. The van der Waals surface area contributed by atoms with Crippen LogP contribution in [0, 0.1) is 17.8 Å². The molecule has 0 spiro atoms. The van der Waals surface area contributed by atoms with Crippen LogP contribution in [0.15, 0.2) is 12.2 Å². The van der Waals surface area contributed by atoms with Crippen molar-refractivity contribution >= 4 is 11.6 Å². The molecule has 0 aromatic carbocycles. The Morgan fingerprint density at radius 1 is 1.00 bits per heavy atom. The van der Waals surface area contributed by atoms with Crippen molar-refractivity contribution in [3.63, 3.8) is 0 Å². The lowest BCUT2D eigenvalue weighted by Gasteiger charge is -2.09. The lowest BCUT2D eigenvalue weighted by Crippen LogP contribution is -1.95. The smallest absolute Gasteiger partial charge is 0.0226 e. The van der Waals surface area contributed by atoms with Gasteiger partial charge in [0.2, 0.25) is 0 Å². The maximum absolute atomic E-state index is 5.71. The molecule has 96 valence electrons. The van der Waals surface area contributed by atoms with Gasteiger partial charge >= 0.3 is 0 Å². The Kier molecular flexibility index (Phi) is 10.2. The molecule has 0 aliphatic heterocycles. The fraction of sp³-hybridized carbons (Fsp3) is 0.867. The van der Waals surface area contributed by atoms with E-state index in [-0.39, 0.29) is 0 Å². The summed E-state index contributed by atoms with van der Waals surface area (Å²) in [5.74, 6) is 3.11. The highest BCUT2D eigenvalue weighted by molar-refractivity contribution is 6.17. The average molecular weight is 245 g/mol. The van der Waals surface area contributed by atoms with Crippen LogP contribution in [-0.4, -0.2) is 5.88 Å². The Bertz CT molecular complexity index is 172. The van der Waals surface area contributed by atoms with E-state index in [4.69, 9.17) is 11.6 Å². The number of rotatable bonds is 9. The van der Waals surface area contributed by atoms with Crippen molar-refractivity contribution in [1.82, 2.24) is 0 Å².